The molecule has 1 aliphatic carbocycles. The van der Waals surface area contributed by atoms with Crippen molar-refractivity contribution in [3.8, 4) is 0 Å². The van der Waals surface area contributed by atoms with Gasteiger partial charge in [-0.25, -0.2) is 4.39 Å². The van der Waals surface area contributed by atoms with Crippen molar-refractivity contribution in [3.63, 3.8) is 0 Å². The van der Waals surface area contributed by atoms with Gasteiger partial charge in [0, 0.05) is 0 Å². The largest absolute Gasteiger partial charge is 0.378 e. The molecule has 0 aromatic carbocycles. The average molecular weight is 186 g/mol. The van der Waals surface area contributed by atoms with Gasteiger partial charge in [0.1, 0.15) is 6.17 Å². The van der Waals surface area contributed by atoms with E-state index in [1.165, 1.54) is 0 Å². The van der Waals surface area contributed by atoms with E-state index in [0.29, 0.717) is 17.8 Å². The molecule has 2 rings (SSSR count). The fourth-order valence-corrected chi connectivity index (χ4v) is 2.91. The molecule has 2 fully saturated rings. The zero-order valence-electron chi connectivity index (χ0n) is 8.50. The second-order valence-corrected chi connectivity index (χ2v) is 4.90. The van der Waals surface area contributed by atoms with Crippen LogP contribution < -0.4 is 0 Å². The fourth-order valence-electron chi connectivity index (χ4n) is 2.91. The van der Waals surface area contributed by atoms with Gasteiger partial charge in [0.25, 0.3) is 0 Å². The molecule has 5 unspecified atom stereocenters. The summed E-state index contributed by atoms with van der Waals surface area (Å²) in [6.07, 6.45) is 2.57. The van der Waals surface area contributed by atoms with Gasteiger partial charge in [0.05, 0.1) is 12.7 Å². The Kier molecular flexibility index (Phi) is 2.59. The summed E-state index contributed by atoms with van der Waals surface area (Å²) in [5.41, 5.74) is 0. The molecule has 76 valence electrons. The van der Waals surface area contributed by atoms with Crippen LogP contribution in [0.5, 0.6) is 0 Å². The lowest BCUT2D eigenvalue weighted by Crippen LogP contribution is -2.42. The molecule has 0 aromatic heterocycles. The Labute approximate surface area is 79.7 Å². The maximum Gasteiger partial charge on any atom is 0.104 e. The van der Waals surface area contributed by atoms with Gasteiger partial charge in [-0.05, 0) is 43.9 Å². The Morgan fingerprint density at radius 2 is 1.92 bits per heavy atom. The molecule has 2 aliphatic rings. The standard InChI is InChI=1S/C11H19FO/c1-7-3-9-6-13-8(2)5-10(9)11(12)4-7/h7-11H,3-6H2,1-2H3. The van der Waals surface area contributed by atoms with Gasteiger partial charge in [-0.3, -0.25) is 0 Å². The number of hydrogen-bond donors (Lipinski definition) is 0. The molecule has 1 nitrogen and oxygen atoms in total. The predicted molar refractivity (Wildman–Crippen MR) is 50.3 cm³/mol. The van der Waals surface area contributed by atoms with E-state index in [1.54, 1.807) is 0 Å². The Balaban J connectivity index is 2.02. The predicted octanol–water partition coefficient (Wildman–Crippen LogP) is 2.80. The zero-order valence-corrected chi connectivity index (χ0v) is 8.50. The summed E-state index contributed by atoms with van der Waals surface area (Å²) in [5, 5.41) is 0. The highest BCUT2D eigenvalue weighted by Crippen LogP contribution is 2.41. The highest BCUT2D eigenvalue weighted by Gasteiger charge is 2.40. The third-order valence-corrected chi connectivity index (χ3v) is 3.60. The maximum atomic E-state index is 13.7. The van der Waals surface area contributed by atoms with Crippen molar-refractivity contribution in [3.05, 3.63) is 0 Å². The van der Waals surface area contributed by atoms with Crippen molar-refractivity contribution in [2.24, 2.45) is 17.8 Å². The highest BCUT2D eigenvalue weighted by atomic mass is 19.1. The number of hydrogen-bond acceptors (Lipinski definition) is 1. The Bertz CT molecular complexity index is 183. The molecule has 13 heavy (non-hydrogen) atoms. The minimum Gasteiger partial charge on any atom is -0.378 e. The van der Waals surface area contributed by atoms with Gasteiger partial charge in [-0.2, -0.15) is 0 Å². The van der Waals surface area contributed by atoms with Crippen LogP contribution in [-0.2, 0) is 4.74 Å². The van der Waals surface area contributed by atoms with E-state index in [9.17, 15) is 4.39 Å². The van der Waals surface area contributed by atoms with Gasteiger partial charge < -0.3 is 4.74 Å². The van der Waals surface area contributed by atoms with Crippen LogP contribution in [0.3, 0.4) is 0 Å². The molecule has 5 atom stereocenters. The summed E-state index contributed by atoms with van der Waals surface area (Å²) in [4.78, 5) is 0. The molecular weight excluding hydrogens is 167 g/mol. The van der Waals surface area contributed by atoms with E-state index in [4.69, 9.17) is 4.74 Å². The molecule has 1 saturated carbocycles. The normalized spacial score (nSPS) is 51.5. The lowest BCUT2D eigenvalue weighted by molar-refractivity contribution is -0.0835. The first kappa shape index (κ1) is 9.45. The molecular formula is C11H19FO. The van der Waals surface area contributed by atoms with Gasteiger partial charge >= 0.3 is 0 Å². The summed E-state index contributed by atoms with van der Waals surface area (Å²) in [6, 6.07) is 0. The Hall–Kier alpha value is -0.110. The molecule has 0 N–H and O–H groups in total. The van der Waals surface area contributed by atoms with E-state index in [2.05, 4.69) is 13.8 Å². The summed E-state index contributed by atoms with van der Waals surface area (Å²) in [7, 11) is 0. The zero-order chi connectivity index (χ0) is 9.42. The van der Waals surface area contributed by atoms with Crippen molar-refractivity contribution in [1.82, 2.24) is 0 Å². The molecule has 1 heterocycles. The maximum absolute atomic E-state index is 13.7. The Morgan fingerprint density at radius 3 is 2.69 bits per heavy atom. The van der Waals surface area contributed by atoms with Gasteiger partial charge in [0.2, 0.25) is 0 Å². The summed E-state index contributed by atoms with van der Waals surface area (Å²) in [6.45, 7) is 5.00. The van der Waals surface area contributed by atoms with Crippen molar-refractivity contribution in [2.45, 2.75) is 45.4 Å². The molecule has 2 heteroatoms. The summed E-state index contributed by atoms with van der Waals surface area (Å²) >= 11 is 0. The summed E-state index contributed by atoms with van der Waals surface area (Å²) in [5.74, 6) is 1.34. The van der Waals surface area contributed by atoms with Crippen LogP contribution in [0.15, 0.2) is 0 Å². The first-order chi connectivity index (χ1) is 6.16. The third kappa shape index (κ3) is 1.88. The van der Waals surface area contributed by atoms with Crippen molar-refractivity contribution < 1.29 is 9.13 Å². The van der Waals surface area contributed by atoms with E-state index >= 15 is 0 Å². The topological polar surface area (TPSA) is 9.23 Å². The molecule has 0 amide bonds. The van der Waals surface area contributed by atoms with Crippen LogP contribution in [-0.4, -0.2) is 18.9 Å². The second kappa shape index (κ2) is 3.56. The van der Waals surface area contributed by atoms with Crippen LogP contribution in [0.4, 0.5) is 4.39 Å². The molecule has 0 bridgehead atoms. The van der Waals surface area contributed by atoms with Crippen molar-refractivity contribution >= 4 is 0 Å². The van der Waals surface area contributed by atoms with E-state index in [0.717, 1.165) is 25.9 Å². The number of ether oxygens (including phenoxy) is 1. The number of alkyl halides is 1. The lowest BCUT2D eigenvalue weighted by atomic mass is 9.70. The third-order valence-electron chi connectivity index (χ3n) is 3.60. The number of fused-ring (bicyclic) bond motifs is 1. The SMILES string of the molecule is CC1CC(F)C2CC(C)OCC2C1. The quantitative estimate of drug-likeness (QED) is 0.565. The van der Waals surface area contributed by atoms with Crippen LogP contribution in [0.25, 0.3) is 0 Å². The van der Waals surface area contributed by atoms with Crippen LogP contribution in [0, 0.1) is 17.8 Å². The second-order valence-electron chi connectivity index (χ2n) is 4.90. The lowest BCUT2D eigenvalue weighted by Gasteiger charge is -2.42. The highest BCUT2D eigenvalue weighted by molar-refractivity contribution is 4.88. The van der Waals surface area contributed by atoms with Crippen molar-refractivity contribution in [1.29, 1.82) is 0 Å². The van der Waals surface area contributed by atoms with Crippen LogP contribution >= 0.6 is 0 Å². The molecule has 0 aromatic rings. The molecule has 1 saturated heterocycles. The van der Waals surface area contributed by atoms with E-state index in [1.807, 2.05) is 0 Å². The van der Waals surface area contributed by atoms with E-state index < -0.39 is 6.17 Å². The first-order valence-corrected chi connectivity index (χ1v) is 5.42. The average Bonchev–Trinajstić information content (AvgIpc) is 2.06. The number of halogens is 1. The molecule has 0 radical (unpaired) electrons. The van der Waals surface area contributed by atoms with Gasteiger partial charge in [0.15, 0.2) is 0 Å². The smallest absolute Gasteiger partial charge is 0.104 e. The number of rotatable bonds is 0. The minimum absolute atomic E-state index is 0.271. The molecule has 1 aliphatic heterocycles. The van der Waals surface area contributed by atoms with E-state index in [-0.39, 0.29) is 6.10 Å². The van der Waals surface area contributed by atoms with Crippen LogP contribution in [0.1, 0.15) is 33.1 Å². The summed E-state index contributed by atoms with van der Waals surface area (Å²) < 4.78 is 19.3. The fraction of sp³-hybridized carbons (Fsp3) is 1.00. The molecule has 0 spiro atoms. The van der Waals surface area contributed by atoms with Crippen molar-refractivity contribution in [2.75, 3.05) is 6.61 Å². The Morgan fingerprint density at radius 1 is 1.15 bits per heavy atom. The first-order valence-electron chi connectivity index (χ1n) is 5.42. The van der Waals surface area contributed by atoms with Gasteiger partial charge in [-0.1, -0.05) is 6.92 Å². The van der Waals surface area contributed by atoms with Gasteiger partial charge in [-0.15, -0.1) is 0 Å². The minimum atomic E-state index is -0.569. The van der Waals surface area contributed by atoms with Crippen LogP contribution in [0.2, 0.25) is 0 Å². The monoisotopic (exact) mass is 186 g/mol.